The number of hydrogen-bond acceptors (Lipinski definition) is 5. The van der Waals surface area contributed by atoms with Gasteiger partial charge in [0.2, 0.25) is 0 Å². The highest BCUT2D eigenvalue weighted by atomic mass is 32.2. The van der Waals surface area contributed by atoms with E-state index in [9.17, 15) is 9.90 Å². The number of nitrogens with one attached hydrogen (secondary N) is 1. The SMILES string of the molecule is CC(C)(O)C#Cc1ccc(C(=O)NCc2cn3c(n2)SCC3)o1. The summed E-state index contributed by atoms with van der Waals surface area (Å²) in [5, 5.41) is 13.3. The highest BCUT2D eigenvalue weighted by Gasteiger charge is 2.16. The molecule has 0 spiro atoms. The quantitative estimate of drug-likeness (QED) is 0.836. The van der Waals surface area contributed by atoms with Crippen LogP contribution in [0.5, 0.6) is 0 Å². The highest BCUT2D eigenvalue weighted by molar-refractivity contribution is 7.99. The molecule has 2 aromatic heterocycles. The normalized spacial score (nSPS) is 13.3. The summed E-state index contributed by atoms with van der Waals surface area (Å²) in [5.74, 6) is 6.59. The highest BCUT2D eigenvalue weighted by Crippen LogP contribution is 2.24. The molecule has 2 aromatic rings. The molecule has 0 saturated carbocycles. The zero-order valence-electron chi connectivity index (χ0n) is 12.9. The van der Waals surface area contributed by atoms with E-state index in [4.69, 9.17) is 4.42 Å². The first kappa shape index (κ1) is 15.7. The van der Waals surface area contributed by atoms with Gasteiger partial charge in [-0.25, -0.2) is 4.98 Å². The van der Waals surface area contributed by atoms with Crippen molar-refractivity contribution in [3.63, 3.8) is 0 Å². The third kappa shape index (κ3) is 3.97. The van der Waals surface area contributed by atoms with Crippen molar-refractivity contribution in [1.82, 2.24) is 14.9 Å². The van der Waals surface area contributed by atoms with Crippen LogP contribution in [-0.2, 0) is 13.1 Å². The minimum atomic E-state index is -1.10. The van der Waals surface area contributed by atoms with Crippen LogP contribution in [0.15, 0.2) is 27.9 Å². The first-order valence-electron chi connectivity index (χ1n) is 7.23. The maximum absolute atomic E-state index is 12.1. The molecule has 0 unspecified atom stereocenters. The molecule has 3 rings (SSSR count). The van der Waals surface area contributed by atoms with Crippen molar-refractivity contribution < 1.29 is 14.3 Å². The van der Waals surface area contributed by atoms with Gasteiger partial charge in [-0.1, -0.05) is 17.7 Å². The molecule has 1 aliphatic heterocycles. The molecule has 7 heteroatoms. The Hall–Kier alpha value is -2.17. The number of fused-ring (bicyclic) bond motifs is 1. The lowest BCUT2D eigenvalue weighted by Gasteiger charge is -2.05. The molecule has 120 valence electrons. The molecule has 0 fully saturated rings. The van der Waals surface area contributed by atoms with Crippen molar-refractivity contribution >= 4 is 17.7 Å². The molecule has 6 nitrogen and oxygen atoms in total. The number of aryl methyl sites for hydroxylation is 1. The Morgan fingerprint density at radius 1 is 1.57 bits per heavy atom. The Bertz CT molecular complexity index is 768. The monoisotopic (exact) mass is 331 g/mol. The number of amides is 1. The van der Waals surface area contributed by atoms with E-state index in [1.54, 1.807) is 37.7 Å². The molecule has 1 amide bonds. The molecule has 0 atom stereocenters. The van der Waals surface area contributed by atoms with Gasteiger partial charge in [0.25, 0.3) is 5.91 Å². The van der Waals surface area contributed by atoms with Crippen LogP contribution >= 0.6 is 11.8 Å². The van der Waals surface area contributed by atoms with Gasteiger partial charge in [0.05, 0.1) is 12.2 Å². The summed E-state index contributed by atoms with van der Waals surface area (Å²) in [6, 6.07) is 3.17. The minimum absolute atomic E-state index is 0.186. The Balaban J connectivity index is 1.59. The lowest BCUT2D eigenvalue weighted by Crippen LogP contribution is -2.22. The van der Waals surface area contributed by atoms with Crippen molar-refractivity contribution in [3.8, 4) is 11.8 Å². The molecule has 3 heterocycles. The van der Waals surface area contributed by atoms with Crippen LogP contribution in [0, 0.1) is 11.8 Å². The fourth-order valence-corrected chi connectivity index (χ4v) is 3.01. The number of carbonyl (C=O) groups is 1. The maximum Gasteiger partial charge on any atom is 0.287 e. The van der Waals surface area contributed by atoms with Crippen LogP contribution in [0.3, 0.4) is 0 Å². The average Bonchev–Trinajstić information content (AvgIpc) is 3.17. The molecule has 0 bridgehead atoms. The number of thioether (sulfide) groups is 1. The summed E-state index contributed by atoms with van der Waals surface area (Å²) in [7, 11) is 0. The Kier molecular flexibility index (Phi) is 4.20. The summed E-state index contributed by atoms with van der Waals surface area (Å²) in [6.45, 7) is 4.47. The van der Waals surface area contributed by atoms with Gasteiger partial charge in [0.15, 0.2) is 16.7 Å². The second kappa shape index (κ2) is 6.14. The van der Waals surface area contributed by atoms with Gasteiger partial charge in [-0.3, -0.25) is 4.79 Å². The first-order chi connectivity index (χ1) is 10.9. The Morgan fingerprint density at radius 2 is 2.39 bits per heavy atom. The summed E-state index contributed by atoms with van der Waals surface area (Å²) >= 11 is 1.72. The number of hydrogen-bond donors (Lipinski definition) is 2. The molecule has 1 aliphatic rings. The molecule has 23 heavy (non-hydrogen) atoms. The largest absolute Gasteiger partial charge is 0.443 e. The molecular weight excluding hydrogens is 314 g/mol. The van der Waals surface area contributed by atoms with Crippen molar-refractivity contribution in [3.05, 3.63) is 35.5 Å². The van der Waals surface area contributed by atoms with Crippen molar-refractivity contribution in [1.29, 1.82) is 0 Å². The van der Waals surface area contributed by atoms with E-state index < -0.39 is 5.60 Å². The van der Waals surface area contributed by atoms with Crippen LogP contribution in [0.25, 0.3) is 0 Å². The van der Waals surface area contributed by atoms with Crippen LogP contribution in [0.4, 0.5) is 0 Å². The number of aliphatic hydroxyl groups is 1. The van der Waals surface area contributed by atoms with Gasteiger partial charge in [-0.2, -0.15) is 0 Å². The number of imidazole rings is 1. The zero-order valence-corrected chi connectivity index (χ0v) is 13.7. The zero-order chi connectivity index (χ0) is 16.4. The first-order valence-corrected chi connectivity index (χ1v) is 8.22. The van der Waals surface area contributed by atoms with Crippen LogP contribution in [0.2, 0.25) is 0 Å². The van der Waals surface area contributed by atoms with E-state index in [-0.39, 0.29) is 11.7 Å². The van der Waals surface area contributed by atoms with Gasteiger partial charge in [0.1, 0.15) is 5.60 Å². The van der Waals surface area contributed by atoms with E-state index in [1.165, 1.54) is 0 Å². The second-order valence-corrected chi connectivity index (χ2v) is 6.77. The van der Waals surface area contributed by atoms with E-state index >= 15 is 0 Å². The lowest BCUT2D eigenvalue weighted by atomic mass is 10.1. The van der Waals surface area contributed by atoms with Crippen molar-refractivity contribution in [2.75, 3.05) is 5.75 Å². The summed E-state index contributed by atoms with van der Waals surface area (Å²) in [5.41, 5.74) is -0.275. The number of nitrogens with zero attached hydrogens (tertiary/aromatic N) is 2. The number of furan rings is 1. The Morgan fingerprint density at radius 3 is 3.13 bits per heavy atom. The topological polar surface area (TPSA) is 80.3 Å². The average molecular weight is 331 g/mol. The summed E-state index contributed by atoms with van der Waals surface area (Å²) in [6.07, 6.45) is 1.96. The third-order valence-electron chi connectivity index (χ3n) is 3.10. The van der Waals surface area contributed by atoms with Crippen LogP contribution in [0.1, 0.15) is 35.9 Å². The molecule has 0 radical (unpaired) electrons. The smallest absolute Gasteiger partial charge is 0.287 e. The number of rotatable bonds is 3. The molecule has 2 N–H and O–H groups in total. The number of carbonyl (C=O) groups excluding carboxylic acids is 1. The molecule has 0 saturated heterocycles. The van der Waals surface area contributed by atoms with Crippen molar-refractivity contribution in [2.45, 2.75) is 37.7 Å². The van der Waals surface area contributed by atoms with E-state index in [0.717, 1.165) is 23.1 Å². The van der Waals surface area contributed by atoms with Gasteiger partial charge >= 0.3 is 0 Å². The van der Waals surface area contributed by atoms with Gasteiger partial charge in [0, 0.05) is 18.5 Å². The second-order valence-electron chi connectivity index (χ2n) is 5.71. The van der Waals surface area contributed by atoms with Gasteiger partial charge in [-0.15, -0.1) is 0 Å². The predicted octanol–water partition coefficient (Wildman–Crippen LogP) is 1.63. The minimum Gasteiger partial charge on any atom is -0.443 e. The van der Waals surface area contributed by atoms with E-state index in [1.807, 2.05) is 6.20 Å². The van der Waals surface area contributed by atoms with Gasteiger partial charge in [-0.05, 0) is 31.9 Å². The fraction of sp³-hybridized carbons (Fsp3) is 0.375. The van der Waals surface area contributed by atoms with E-state index in [0.29, 0.717) is 12.3 Å². The van der Waals surface area contributed by atoms with Crippen LogP contribution < -0.4 is 5.32 Å². The lowest BCUT2D eigenvalue weighted by molar-refractivity contribution is 0.0922. The summed E-state index contributed by atoms with van der Waals surface area (Å²) in [4.78, 5) is 16.5. The van der Waals surface area contributed by atoms with Gasteiger partial charge < -0.3 is 19.4 Å². The fourth-order valence-electron chi connectivity index (χ4n) is 2.05. The number of aromatic nitrogens is 2. The Labute approximate surface area is 138 Å². The standard InChI is InChI=1S/C16H17N3O3S/c1-16(2,21)6-5-12-3-4-13(22-12)14(20)17-9-11-10-19-7-8-23-15(19)18-11/h3-4,10,21H,7-9H2,1-2H3,(H,17,20). The molecular formula is C16H17N3O3S. The predicted molar refractivity (Wildman–Crippen MR) is 86.0 cm³/mol. The molecule has 0 aliphatic carbocycles. The maximum atomic E-state index is 12.1. The molecule has 0 aromatic carbocycles. The van der Waals surface area contributed by atoms with Crippen LogP contribution in [-0.4, -0.2) is 31.9 Å². The van der Waals surface area contributed by atoms with E-state index in [2.05, 4.69) is 26.7 Å². The third-order valence-corrected chi connectivity index (χ3v) is 4.08. The van der Waals surface area contributed by atoms with Crippen molar-refractivity contribution in [2.24, 2.45) is 0 Å². The summed E-state index contributed by atoms with van der Waals surface area (Å²) < 4.78 is 7.45.